The van der Waals surface area contributed by atoms with E-state index in [9.17, 15) is 4.79 Å². The molecule has 0 aliphatic rings. The Balaban J connectivity index is 1.49. The Morgan fingerprint density at radius 2 is 1.90 bits per heavy atom. The fraction of sp³-hybridized carbons (Fsp3) is 0.217. The lowest BCUT2D eigenvalue weighted by Crippen LogP contribution is -2.24. The summed E-state index contributed by atoms with van der Waals surface area (Å²) in [5.41, 5.74) is 4.45. The van der Waals surface area contributed by atoms with Crippen molar-refractivity contribution >= 4 is 35.3 Å². The second kappa shape index (κ2) is 10.3. The first-order valence-electron chi connectivity index (χ1n) is 9.56. The van der Waals surface area contributed by atoms with Gasteiger partial charge in [-0.25, -0.2) is 5.43 Å². The second-order valence-electron chi connectivity index (χ2n) is 6.79. The van der Waals surface area contributed by atoms with Crippen LogP contribution in [0.3, 0.4) is 0 Å². The van der Waals surface area contributed by atoms with Gasteiger partial charge in [-0.15, -0.1) is 0 Å². The Kier molecular flexibility index (Phi) is 7.55. The molecule has 1 N–H and O–H groups in total. The predicted octanol–water partition coefficient (Wildman–Crippen LogP) is 6.30. The van der Waals surface area contributed by atoms with Gasteiger partial charge < -0.3 is 9.15 Å². The molecule has 1 aromatic heterocycles. The number of hydrogen-bond acceptors (Lipinski definition) is 4. The number of nitrogens with one attached hydrogen (secondary N) is 1. The minimum absolute atomic E-state index is 0.132. The lowest BCUT2D eigenvalue weighted by atomic mass is 9.99. The van der Waals surface area contributed by atoms with Crippen LogP contribution < -0.4 is 10.2 Å². The van der Waals surface area contributed by atoms with Crippen molar-refractivity contribution in [3.63, 3.8) is 0 Å². The van der Waals surface area contributed by atoms with Crippen molar-refractivity contribution in [2.75, 3.05) is 6.61 Å². The zero-order valence-electron chi connectivity index (χ0n) is 16.7. The van der Waals surface area contributed by atoms with Crippen molar-refractivity contribution < 1.29 is 13.9 Å². The maximum atomic E-state index is 11.9. The third-order valence-electron chi connectivity index (χ3n) is 4.64. The molecule has 0 unspecified atom stereocenters. The summed E-state index contributed by atoms with van der Waals surface area (Å²) in [5.74, 6) is 1.87. The van der Waals surface area contributed by atoms with Gasteiger partial charge in [-0.3, -0.25) is 4.79 Å². The molecule has 0 aliphatic heterocycles. The molecule has 0 bridgehead atoms. The van der Waals surface area contributed by atoms with Crippen LogP contribution in [0.5, 0.6) is 5.75 Å². The number of furan rings is 1. The lowest BCUT2D eigenvalue weighted by molar-refractivity contribution is -0.123. The van der Waals surface area contributed by atoms with E-state index >= 15 is 0 Å². The van der Waals surface area contributed by atoms with Gasteiger partial charge in [-0.2, -0.15) is 5.10 Å². The molecule has 3 aromatic rings. The molecule has 1 heterocycles. The van der Waals surface area contributed by atoms with Gasteiger partial charge in [0.25, 0.3) is 5.91 Å². The first-order chi connectivity index (χ1) is 14.5. The number of halogens is 2. The molecule has 0 saturated carbocycles. The predicted molar refractivity (Wildman–Crippen MR) is 121 cm³/mol. The first-order valence-corrected chi connectivity index (χ1v) is 10.3. The molecule has 30 heavy (non-hydrogen) atoms. The van der Waals surface area contributed by atoms with E-state index in [4.69, 9.17) is 32.4 Å². The average molecular weight is 445 g/mol. The largest absolute Gasteiger partial charge is 0.484 e. The normalized spacial score (nSPS) is 12.1. The maximum Gasteiger partial charge on any atom is 0.277 e. The van der Waals surface area contributed by atoms with E-state index < -0.39 is 0 Å². The second-order valence-corrected chi connectivity index (χ2v) is 7.61. The number of carbonyl (C=O) groups excluding carboxylic acids is 1. The number of carbonyl (C=O) groups is 1. The van der Waals surface area contributed by atoms with Crippen molar-refractivity contribution in [1.29, 1.82) is 0 Å². The number of benzene rings is 2. The summed E-state index contributed by atoms with van der Waals surface area (Å²) in [5, 5.41) is 4.82. The number of ether oxygens (including phenoxy) is 1. The fourth-order valence-electron chi connectivity index (χ4n) is 2.70. The summed E-state index contributed by atoms with van der Waals surface area (Å²) in [6, 6.07) is 16.5. The maximum absolute atomic E-state index is 11.9. The molecule has 5 nitrogen and oxygen atoms in total. The zero-order valence-corrected chi connectivity index (χ0v) is 18.2. The number of rotatable bonds is 8. The van der Waals surface area contributed by atoms with Crippen LogP contribution in [0.25, 0.3) is 11.3 Å². The van der Waals surface area contributed by atoms with Crippen LogP contribution >= 0.6 is 23.2 Å². The van der Waals surface area contributed by atoms with Crippen molar-refractivity contribution in [2.24, 2.45) is 5.10 Å². The molecule has 0 spiro atoms. The SMILES string of the molecule is CC[C@@H](C)c1ccc(OCC(=O)N/N=C\c2ccc(-c3ccc(Cl)c(Cl)c3)o2)cc1. The zero-order chi connectivity index (χ0) is 21.5. The van der Waals surface area contributed by atoms with Crippen molar-refractivity contribution in [3.8, 4) is 17.1 Å². The van der Waals surface area contributed by atoms with Crippen LogP contribution in [0.4, 0.5) is 0 Å². The Labute approximate surface area is 185 Å². The van der Waals surface area contributed by atoms with Gasteiger partial charge in [0.2, 0.25) is 0 Å². The van der Waals surface area contributed by atoms with Crippen LogP contribution in [-0.2, 0) is 4.79 Å². The summed E-state index contributed by atoms with van der Waals surface area (Å²) in [7, 11) is 0. The lowest BCUT2D eigenvalue weighted by Gasteiger charge is -2.10. The molecule has 0 saturated heterocycles. The molecule has 1 atom stereocenters. The molecule has 7 heteroatoms. The third-order valence-corrected chi connectivity index (χ3v) is 5.38. The molecule has 1 amide bonds. The monoisotopic (exact) mass is 444 g/mol. The van der Waals surface area contributed by atoms with E-state index in [0.717, 1.165) is 12.0 Å². The van der Waals surface area contributed by atoms with E-state index in [1.807, 2.05) is 30.3 Å². The molecule has 0 fully saturated rings. The number of nitrogens with zero attached hydrogens (tertiary/aromatic N) is 1. The van der Waals surface area contributed by atoms with E-state index in [1.165, 1.54) is 11.8 Å². The highest BCUT2D eigenvalue weighted by Crippen LogP contribution is 2.29. The van der Waals surface area contributed by atoms with Crippen molar-refractivity contribution in [3.05, 3.63) is 76.0 Å². The summed E-state index contributed by atoms with van der Waals surface area (Å²) in [4.78, 5) is 11.9. The van der Waals surface area contributed by atoms with Gasteiger partial charge in [0.1, 0.15) is 17.3 Å². The highest BCUT2D eigenvalue weighted by Gasteiger charge is 2.07. The number of amides is 1. The highest BCUT2D eigenvalue weighted by molar-refractivity contribution is 6.42. The van der Waals surface area contributed by atoms with E-state index in [0.29, 0.717) is 33.2 Å². The molecule has 3 rings (SSSR count). The molecular formula is C23H22Cl2N2O3. The Bertz CT molecular complexity index is 1030. The van der Waals surface area contributed by atoms with Gasteiger partial charge in [-0.05, 0) is 60.4 Å². The highest BCUT2D eigenvalue weighted by atomic mass is 35.5. The quantitative estimate of drug-likeness (QED) is 0.327. The summed E-state index contributed by atoms with van der Waals surface area (Å²) >= 11 is 12.0. The fourth-order valence-corrected chi connectivity index (χ4v) is 3.00. The van der Waals surface area contributed by atoms with Gasteiger partial charge in [0.15, 0.2) is 6.61 Å². The van der Waals surface area contributed by atoms with Crippen LogP contribution in [0.2, 0.25) is 10.0 Å². The molecular weight excluding hydrogens is 423 g/mol. The van der Waals surface area contributed by atoms with Crippen molar-refractivity contribution in [2.45, 2.75) is 26.2 Å². The summed E-state index contributed by atoms with van der Waals surface area (Å²) < 4.78 is 11.2. The molecule has 2 aromatic carbocycles. The van der Waals surface area contributed by atoms with E-state index in [1.54, 1.807) is 24.3 Å². The summed E-state index contributed by atoms with van der Waals surface area (Å²) in [6.45, 7) is 4.19. The Morgan fingerprint density at radius 1 is 1.13 bits per heavy atom. The van der Waals surface area contributed by atoms with Gasteiger partial charge in [0, 0.05) is 5.56 Å². The van der Waals surface area contributed by atoms with Crippen molar-refractivity contribution in [1.82, 2.24) is 5.43 Å². The number of hydrazone groups is 1. The smallest absolute Gasteiger partial charge is 0.277 e. The Morgan fingerprint density at radius 3 is 2.60 bits per heavy atom. The Hall–Kier alpha value is -2.76. The van der Waals surface area contributed by atoms with Gasteiger partial charge in [-0.1, -0.05) is 49.2 Å². The van der Waals surface area contributed by atoms with Gasteiger partial charge >= 0.3 is 0 Å². The molecule has 0 aliphatic carbocycles. The number of hydrogen-bond donors (Lipinski definition) is 1. The molecule has 0 radical (unpaired) electrons. The minimum atomic E-state index is -0.367. The third kappa shape index (κ3) is 5.88. The first kappa shape index (κ1) is 21.9. The minimum Gasteiger partial charge on any atom is -0.484 e. The van der Waals surface area contributed by atoms with E-state index in [-0.39, 0.29) is 12.5 Å². The standard InChI is InChI=1S/C23H22Cl2N2O3/c1-3-15(2)16-4-7-18(8-5-16)29-14-23(28)27-26-13-19-9-11-22(30-19)17-6-10-20(24)21(25)12-17/h4-13,15H,3,14H2,1-2H3,(H,27,28)/b26-13-/t15-/m1/s1. The van der Waals surface area contributed by atoms with Crippen LogP contribution in [0, 0.1) is 0 Å². The molecule has 156 valence electrons. The van der Waals surface area contributed by atoms with Crippen LogP contribution in [0.1, 0.15) is 37.5 Å². The topological polar surface area (TPSA) is 63.8 Å². The van der Waals surface area contributed by atoms with Gasteiger partial charge in [0.05, 0.1) is 16.3 Å². The average Bonchev–Trinajstić information content (AvgIpc) is 3.23. The van der Waals surface area contributed by atoms with Crippen LogP contribution in [0.15, 0.2) is 64.1 Å². The summed E-state index contributed by atoms with van der Waals surface area (Å²) in [6.07, 6.45) is 2.49. The van der Waals surface area contributed by atoms with E-state index in [2.05, 4.69) is 24.4 Å². The van der Waals surface area contributed by atoms with Crippen LogP contribution in [-0.4, -0.2) is 18.7 Å².